The van der Waals surface area contributed by atoms with Gasteiger partial charge >= 0.3 is 0 Å². The first kappa shape index (κ1) is 28.8. The molecule has 2 aliphatic heterocycles. The summed E-state index contributed by atoms with van der Waals surface area (Å²) < 4.78 is 36.8. The van der Waals surface area contributed by atoms with Crippen molar-refractivity contribution < 1.29 is 23.4 Å². The van der Waals surface area contributed by atoms with Crippen LogP contribution in [0.2, 0.25) is 0 Å². The van der Waals surface area contributed by atoms with Crippen LogP contribution in [-0.4, -0.2) is 71.3 Å². The minimum atomic E-state index is -3.72. The molecule has 228 valence electrons. The molecule has 8 heteroatoms. The topological polar surface area (TPSA) is 90.3 Å². The van der Waals surface area contributed by atoms with Gasteiger partial charge in [0.1, 0.15) is 6.10 Å². The lowest BCUT2D eigenvalue weighted by molar-refractivity contribution is -0.196. The van der Waals surface area contributed by atoms with Crippen molar-refractivity contribution in [2.75, 3.05) is 19.6 Å². The van der Waals surface area contributed by atoms with E-state index in [-0.39, 0.29) is 23.5 Å². The van der Waals surface area contributed by atoms with Crippen molar-refractivity contribution in [1.82, 2.24) is 9.21 Å². The molecule has 3 aromatic carbocycles. The molecule has 2 unspecified atom stereocenters. The van der Waals surface area contributed by atoms with E-state index in [1.807, 2.05) is 56.3 Å². The Bertz CT molecular complexity index is 1600. The van der Waals surface area contributed by atoms with Crippen molar-refractivity contribution in [3.05, 3.63) is 95.1 Å². The Hall–Kier alpha value is -2.91. The lowest BCUT2D eigenvalue weighted by Gasteiger charge is -2.64. The van der Waals surface area contributed by atoms with Gasteiger partial charge in [-0.1, -0.05) is 80.6 Å². The number of likely N-dealkylation sites (tertiary alicyclic amines) is 1. The number of aromatic hydroxyl groups is 1. The first-order valence-electron chi connectivity index (χ1n) is 15.7. The summed E-state index contributed by atoms with van der Waals surface area (Å²) in [4.78, 5) is 2.45. The molecule has 4 aliphatic rings. The molecular weight excluding hydrogens is 560 g/mol. The van der Waals surface area contributed by atoms with E-state index in [0.29, 0.717) is 38.0 Å². The zero-order chi connectivity index (χ0) is 30.0. The van der Waals surface area contributed by atoms with E-state index in [0.717, 1.165) is 36.2 Å². The summed E-state index contributed by atoms with van der Waals surface area (Å²) in [5.41, 5.74) is 2.15. The summed E-state index contributed by atoms with van der Waals surface area (Å²) in [5, 5.41) is 23.9. The van der Waals surface area contributed by atoms with Crippen LogP contribution in [0, 0.1) is 5.92 Å². The zero-order valence-corrected chi connectivity index (χ0v) is 25.8. The predicted octanol–water partition coefficient (Wildman–Crippen LogP) is 4.65. The number of benzene rings is 3. The van der Waals surface area contributed by atoms with Crippen molar-refractivity contribution in [1.29, 1.82) is 0 Å². The maximum Gasteiger partial charge on any atom is 0.218 e. The van der Waals surface area contributed by atoms with Crippen LogP contribution in [0.15, 0.2) is 72.8 Å². The maximum absolute atomic E-state index is 14.2. The van der Waals surface area contributed by atoms with Gasteiger partial charge in [-0.2, -0.15) is 4.31 Å². The quantitative estimate of drug-likeness (QED) is 0.371. The molecule has 2 fully saturated rings. The first-order chi connectivity index (χ1) is 20.6. The van der Waals surface area contributed by atoms with Crippen molar-refractivity contribution >= 4 is 10.0 Å². The zero-order valence-electron chi connectivity index (χ0n) is 25.0. The van der Waals surface area contributed by atoms with Crippen LogP contribution in [0.1, 0.15) is 55.4 Å². The Kier molecular flexibility index (Phi) is 7.12. The minimum absolute atomic E-state index is 0.0659. The second-order valence-corrected chi connectivity index (χ2v) is 15.4. The number of hydrogen-bond acceptors (Lipinski definition) is 6. The van der Waals surface area contributed by atoms with Gasteiger partial charge in [-0.05, 0) is 67.3 Å². The molecule has 43 heavy (non-hydrogen) atoms. The van der Waals surface area contributed by atoms with E-state index in [2.05, 4.69) is 29.2 Å². The number of phenolic OH excluding ortho intramolecular Hbond substituents is 1. The number of aliphatic hydroxyl groups is 1. The highest BCUT2D eigenvalue weighted by molar-refractivity contribution is 7.88. The fraction of sp³-hybridized carbons (Fsp3) is 0.486. The molecule has 1 spiro atoms. The smallest absolute Gasteiger partial charge is 0.218 e. The van der Waals surface area contributed by atoms with E-state index in [9.17, 15) is 18.6 Å². The van der Waals surface area contributed by atoms with Gasteiger partial charge in [0.05, 0.1) is 22.8 Å². The number of ether oxygens (including phenoxy) is 1. The third-order valence-corrected chi connectivity index (χ3v) is 12.4. The third kappa shape index (κ3) is 4.52. The molecule has 0 amide bonds. The Balaban J connectivity index is 1.28. The summed E-state index contributed by atoms with van der Waals surface area (Å²) in [6, 6.07) is 22.9. The summed E-state index contributed by atoms with van der Waals surface area (Å²) in [7, 11) is -3.72. The fourth-order valence-corrected chi connectivity index (χ4v) is 10.7. The SMILES string of the molecule is CC(C)CN(C1CC[C@@]2(O)[C@H]3Cc4ccc(O)c5c4[C@@]2(CCN3CCc2ccccc2)C1O5)S(=O)(=O)Cc1ccccc1. The van der Waals surface area contributed by atoms with Gasteiger partial charge in [-0.3, -0.25) is 4.90 Å². The van der Waals surface area contributed by atoms with Crippen LogP contribution in [0.5, 0.6) is 11.5 Å². The van der Waals surface area contributed by atoms with Crippen LogP contribution < -0.4 is 4.74 Å². The molecule has 7 rings (SSSR count). The number of sulfonamides is 1. The van der Waals surface area contributed by atoms with Crippen molar-refractivity contribution in [3.63, 3.8) is 0 Å². The van der Waals surface area contributed by atoms with Gasteiger partial charge in [0.25, 0.3) is 0 Å². The molecule has 2 heterocycles. The normalized spacial score (nSPS) is 29.5. The summed E-state index contributed by atoms with van der Waals surface area (Å²) in [5.74, 6) is 0.529. The Morgan fingerprint density at radius 1 is 1.00 bits per heavy atom. The number of nitrogens with zero attached hydrogens (tertiary/aromatic N) is 2. The lowest BCUT2D eigenvalue weighted by atomic mass is 9.48. The number of rotatable bonds is 9. The predicted molar refractivity (Wildman–Crippen MR) is 167 cm³/mol. The number of piperidine rings is 1. The van der Waals surface area contributed by atoms with Crippen molar-refractivity contribution in [2.24, 2.45) is 5.92 Å². The second kappa shape index (κ2) is 10.6. The third-order valence-electron chi connectivity index (χ3n) is 10.5. The van der Waals surface area contributed by atoms with Crippen molar-refractivity contribution in [2.45, 2.75) is 80.9 Å². The van der Waals surface area contributed by atoms with E-state index in [1.165, 1.54) is 5.56 Å². The molecule has 7 nitrogen and oxygen atoms in total. The molecule has 1 saturated heterocycles. The molecular formula is C35H42N2O5S. The average Bonchev–Trinajstić information content (AvgIpc) is 3.34. The van der Waals surface area contributed by atoms with Crippen LogP contribution in [0.4, 0.5) is 0 Å². The van der Waals surface area contributed by atoms with E-state index < -0.39 is 33.2 Å². The highest BCUT2D eigenvalue weighted by atomic mass is 32.2. The highest BCUT2D eigenvalue weighted by Crippen LogP contribution is 2.66. The Morgan fingerprint density at radius 3 is 2.40 bits per heavy atom. The van der Waals surface area contributed by atoms with Crippen LogP contribution in [0.3, 0.4) is 0 Å². The molecule has 1 saturated carbocycles. The molecule has 2 N–H and O–H groups in total. The Morgan fingerprint density at radius 2 is 1.70 bits per heavy atom. The van der Waals surface area contributed by atoms with Gasteiger partial charge in [0, 0.05) is 24.7 Å². The molecule has 0 radical (unpaired) electrons. The lowest BCUT2D eigenvalue weighted by Crippen LogP contribution is -2.78. The number of phenols is 1. The van der Waals surface area contributed by atoms with Crippen molar-refractivity contribution in [3.8, 4) is 11.5 Å². The van der Waals surface area contributed by atoms with Gasteiger partial charge < -0.3 is 14.9 Å². The average molecular weight is 603 g/mol. The van der Waals surface area contributed by atoms with E-state index >= 15 is 0 Å². The van der Waals surface area contributed by atoms with Gasteiger partial charge in [-0.25, -0.2) is 8.42 Å². The summed E-state index contributed by atoms with van der Waals surface area (Å²) >= 11 is 0. The largest absolute Gasteiger partial charge is 0.504 e. The molecule has 2 aliphatic carbocycles. The number of hydrogen-bond donors (Lipinski definition) is 2. The standard InChI is InChI=1S/C35H42N2O5S/c1-24(2)22-37(43(40,41)23-26-11-7-4-8-12-26)28-15-17-35(39)30-21-27-13-14-29(38)32-31(27)34(35,33(28)42-32)18-20-36(30)19-16-25-9-5-3-6-10-25/h3-14,24,28,30,33,38-39H,15-23H2,1-2H3/t28?,30-,33?,34+,35-/m1/s1. The van der Waals surface area contributed by atoms with Gasteiger partial charge in [-0.15, -0.1) is 0 Å². The maximum atomic E-state index is 14.2. The fourth-order valence-electron chi connectivity index (χ4n) is 8.77. The van der Waals surface area contributed by atoms with Crippen LogP contribution >= 0.6 is 0 Å². The van der Waals surface area contributed by atoms with Gasteiger partial charge in [0.2, 0.25) is 10.0 Å². The van der Waals surface area contributed by atoms with E-state index in [4.69, 9.17) is 4.74 Å². The minimum Gasteiger partial charge on any atom is -0.504 e. The molecule has 3 aromatic rings. The molecule has 5 atom stereocenters. The molecule has 0 aromatic heterocycles. The first-order valence-corrected chi connectivity index (χ1v) is 17.3. The Labute approximate surface area is 255 Å². The monoisotopic (exact) mass is 602 g/mol. The highest BCUT2D eigenvalue weighted by Gasteiger charge is 2.73. The van der Waals surface area contributed by atoms with Crippen LogP contribution in [-0.2, 0) is 34.0 Å². The van der Waals surface area contributed by atoms with Gasteiger partial charge in [0.15, 0.2) is 11.5 Å². The summed E-state index contributed by atoms with van der Waals surface area (Å²) in [6.07, 6.45) is 2.62. The molecule has 2 bridgehead atoms. The van der Waals surface area contributed by atoms with Crippen LogP contribution in [0.25, 0.3) is 0 Å². The second-order valence-electron chi connectivity index (χ2n) is 13.4. The van der Waals surface area contributed by atoms with E-state index in [1.54, 1.807) is 10.4 Å². The summed E-state index contributed by atoms with van der Waals surface area (Å²) in [6.45, 7) is 6.07.